The van der Waals surface area contributed by atoms with Crippen LogP contribution in [0.2, 0.25) is 0 Å². The van der Waals surface area contributed by atoms with Crippen molar-refractivity contribution in [2.45, 2.75) is 44.0 Å². The van der Waals surface area contributed by atoms with Gasteiger partial charge in [-0.2, -0.15) is 0 Å². The van der Waals surface area contributed by atoms with Crippen molar-refractivity contribution < 1.29 is 18.5 Å². The van der Waals surface area contributed by atoms with Crippen LogP contribution in [0.15, 0.2) is 36.4 Å². The minimum absolute atomic E-state index is 0.0365. The highest BCUT2D eigenvalue weighted by Crippen LogP contribution is 2.73. The topological polar surface area (TPSA) is 78.7 Å². The minimum atomic E-state index is -3.34. The molecule has 1 unspecified atom stereocenters. The highest BCUT2D eigenvalue weighted by atomic mass is 32.7. The predicted molar refractivity (Wildman–Crippen MR) is 94.4 cm³/mol. The van der Waals surface area contributed by atoms with E-state index >= 15 is 0 Å². The van der Waals surface area contributed by atoms with Gasteiger partial charge >= 0.3 is 6.80 Å². The average molecular weight is 369 g/mol. The molecule has 1 saturated carbocycles. The smallest absolute Gasteiger partial charge is 0.417 e. The number of allylic oxidation sites excluding steroid dienone is 1. The van der Waals surface area contributed by atoms with E-state index in [1.165, 1.54) is 35.6 Å². The fraction of sp³-hybridized carbons (Fsp3) is 0.500. The molecule has 0 bridgehead atoms. The van der Waals surface area contributed by atoms with Crippen LogP contribution in [-0.2, 0) is 9.09 Å². The first-order chi connectivity index (χ1) is 11.2. The highest BCUT2D eigenvalue weighted by molar-refractivity contribution is 8.56. The second-order valence-electron chi connectivity index (χ2n) is 6.61. The number of nitro groups is 1. The molecular weight excluding hydrogens is 349 g/mol. The molecule has 0 aromatic heterocycles. The van der Waals surface area contributed by atoms with Gasteiger partial charge < -0.3 is 4.52 Å². The summed E-state index contributed by atoms with van der Waals surface area (Å²) < 4.78 is 24.5. The lowest BCUT2D eigenvalue weighted by molar-refractivity contribution is -0.384. The quantitative estimate of drug-likeness (QED) is 0.308. The van der Waals surface area contributed by atoms with Crippen molar-refractivity contribution >= 4 is 23.9 Å². The maximum atomic E-state index is 13.0. The summed E-state index contributed by atoms with van der Waals surface area (Å²) in [5.74, 6) is 0.736. The summed E-state index contributed by atoms with van der Waals surface area (Å²) in [6.07, 6.45) is 2.67. The molecule has 130 valence electrons. The fourth-order valence-corrected chi connectivity index (χ4v) is 8.40. The first-order valence-corrected chi connectivity index (χ1v) is 10.8. The second kappa shape index (κ2) is 6.21. The van der Waals surface area contributed by atoms with E-state index in [4.69, 9.17) is 9.05 Å². The molecule has 1 heterocycles. The van der Waals surface area contributed by atoms with Gasteiger partial charge in [0.2, 0.25) is 0 Å². The van der Waals surface area contributed by atoms with Crippen LogP contribution in [0.5, 0.6) is 5.75 Å². The van der Waals surface area contributed by atoms with E-state index in [1.54, 1.807) is 0 Å². The number of non-ortho nitro benzene ring substituents is 1. The molecule has 2 aliphatic rings. The van der Waals surface area contributed by atoms with Gasteiger partial charge in [-0.1, -0.05) is 12.2 Å². The molecule has 6 nitrogen and oxygen atoms in total. The lowest BCUT2D eigenvalue weighted by Gasteiger charge is -2.37. The molecule has 1 saturated heterocycles. The van der Waals surface area contributed by atoms with Crippen LogP contribution in [0, 0.1) is 16.0 Å². The zero-order chi connectivity index (χ0) is 17.5. The lowest BCUT2D eigenvalue weighted by Crippen LogP contribution is -2.40. The standard InChI is InChI=1S/C16H20NO5PS/c1-11(2)12-8-9-16(3)15(10-12)24-23(20,22-16)21-14-6-4-13(5-7-14)17(18)19/h4-7,12,15H,1,8-10H2,2-3H3/t12-,15+,16+,23?/m1/s1. The highest BCUT2D eigenvalue weighted by Gasteiger charge is 2.56. The third-order valence-corrected chi connectivity index (χ3v) is 8.97. The zero-order valence-corrected chi connectivity index (χ0v) is 15.3. The van der Waals surface area contributed by atoms with E-state index in [0.717, 1.165) is 24.8 Å². The molecule has 0 amide bonds. The molecule has 0 radical (unpaired) electrons. The van der Waals surface area contributed by atoms with Crippen molar-refractivity contribution in [1.82, 2.24) is 0 Å². The van der Waals surface area contributed by atoms with Crippen molar-refractivity contribution in [2.75, 3.05) is 0 Å². The first-order valence-electron chi connectivity index (χ1n) is 7.79. The third kappa shape index (κ3) is 3.39. The Kier molecular flexibility index (Phi) is 4.53. The molecule has 1 aromatic rings. The van der Waals surface area contributed by atoms with Crippen LogP contribution in [-0.4, -0.2) is 15.8 Å². The first kappa shape index (κ1) is 17.5. The number of rotatable bonds is 4. The number of benzene rings is 1. The van der Waals surface area contributed by atoms with Crippen LogP contribution in [0.25, 0.3) is 0 Å². The summed E-state index contributed by atoms with van der Waals surface area (Å²) in [6.45, 7) is 4.71. The van der Waals surface area contributed by atoms with E-state index in [2.05, 4.69) is 6.58 Å². The number of fused-ring (bicyclic) bond motifs is 1. The van der Waals surface area contributed by atoms with Gasteiger partial charge in [-0.05, 0) is 62.5 Å². The van der Waals surface area contributed by atoms with Crippen LogP contribution >= 0.6 is 18.2 Å². The van der Waals surface area contributed by atoms with Gasteiger partial charge in [0.25, 0.3) is 5.69 Å². The zero-order valence-electron chi connectivity index (χ0n) is 13.6. The Bertz CT molecular complexity index is 722. The summed E-state index contributed by atoms with van der Waals surface area (Å²) in [6, 6.07) is 5.55. The molecule has 0 spiro atoms. The van der Waals surface area contributed by atoms with Gasteiger partial charge in [0.05, 0.1) is 10.5 Å². The van der Waals surface area contributed by atoms with Crippen molar-refractivity contribution in [3.63, 3.8) is 0 Å². The summed E-state index contributed by atoms with van der Waals surface area (Å²) in [5, 5.41) is 10.8. The Morgan fingerprint density at radius 2 is 2.17 bits per heavy atom. The van der Waals surface area contributed by atoms with Crippen LogP contribution in [0.3, 0.4) is 0 Å². The molecule has 4 atom stereocenters. The van der Waals surface area contributed by atoms with E-state index in [9.17, 15) is 14.7 Å². The van der Waals surface area contributed by atoms with Crippen molar-refractivity contribution in [3.8, 4) is 5.75 Å². The van der Waals surface area contributed by atoms with Gasteiger partial charge in [0.15, 0.2) is 0 Å². The van der Waals surface area contributed by atoms with E-state index in [0.29, 0.717) is 11.7 Å². The number of nitro benzene ring substituents is 1. The normalized spacial score (nSPS) is 35.2. The van der Waals surface area contributed by atoms with Crippen LogP contribution < -0.4 is 4.52 Å². The summed E-state index contributed by atoms with van der Waals surface area (Å²) >= 11 is 1.26. The number of nitrogens with zero attached hydrogens (tertiary/aromatic N) is 1. The fourth-order valence-electron chi connectivity index (χ4n) is 3.18. The molecule has 0 N–H and O–H groups in total. The van der Waals surface area contributed by atoms with E-state index < -0.39 is 17.3 Å². The Morgan fingerprint density at radius 1 is 1.50 bits per heavy atom. The van der Waals surface area contributed by atoms with Crippen molar-refractivity contribution in [3.05, 3.63) is 46.5 Å². The monoisotopic (exact) mass is 369 g/mol. The van der Waals surface area contributed by atoms with Gasteiger partial charge in [-0.15, -0.1) is 0 Å². The molecule has 24 heavy (non-hydrogen) atoms. The Morgan fingerprint density at radius 3 is 2.75 bits per heavy atom. The Hall–Kier alpha value is -1.30. The van der Waals surface area contributed by atoms with Gasteiger partial charge in [-0.3, -0.25) is 14.6 Å². The van der Waals surface area contributed by atoms with E-state index in [-0.39, 0.29) is 10.9 Å². The molecular formula is C16H20NO5PS. The summed E-state index contributed by atoms with van der Waals surface area (Å²) in [4.78, 5) is 10.2. The van der Waals surface area contributed by atoms with E-state index in [1.807, 2.05) is 13.8 Å². The lowest BCUT2D eigenvalue weighted by atomic mass is 9.77. The van der Waals surface area contributed by atoms with Gasteiger partial charge in [-0.25, -0.2) is 4.57 Å². The SMILES string of the molecule is C=C(C)[C@@H]1CC[C@]2(C)OP(=O)(Oc3ccc([N+](=O)[O-])cc3)S[C@H]2C1. The molecule has 2 fully saturated rings. The predicted octanol–water partition coefficient (Wildman–Crippen LogP) is 5.35. The van der Waals surface area contributed by atoms with Crippen LogP contribution in [0.4, 0.5) is 5.69 Å². The molecule has 8 heteroatoms. The van der Waals surface area contributed by atoms with Gasteiger partial charge in [0.1, 0.15) is 5.75 Å². The Labute approximate surface area is 145 Å². The van der Waals surface area contributed by atoms with Crippen molar-refractivity contribution in [2.24, 2.45) is 5.92 Å². The number of hydrogen-bond donors (Lipinski definition) is 0. The molecule has 1 aliphatic carbocycles. The summed E-state index contributed by atoms with van der Waals surface area (Å²) in [7, 11) is 0. The molecule has 1 aliphatic heterocycles. The second-order valence-corrected chi connectivity index (χ2v) is 10.6. The summed E-state index contributed by atoms with van der Waals surface area (Å²) in [5.41, 5.74) is 0.647. The number of hydrogen-bond acceptors (Lipinski definition) is 6. The largest absolute Gasteiger partial charge is 0.441 e. The van der Waals surface area contributed by atoms with Crippen LogP contribution in [0.1, 0.15) is 33.1 Å². The molecule has 3 rings (SSSR count). The van der Waals surface area contributed by atoms with Crippen molar-refractivity contribution in [1.29, 1.82) is 0 Å². The Balaban J connectivity index is 1.74. The minimum Gasteiger partial charge on any atom is -0.417 e. The average Bonchev–Trinajstić information content (AvgIpc) is 2.76. The maximum absolute atomic E-state index is 13.0. The maximum Gasteiger partial charge on any atom is 0.441 e. The third-order valence-electron chi connectivity index (χ3n) is 4.71. The van der Waals surface area contributed by atoms with Gasteiger partial charge in [0, 0.05) is 17.4 Å². The molecule has 1 aromatic carbocycles.